The largest absolute Gasteiger partial charge is 0.350 e. The normalized spacial score (nSPS) is 16.7. The molecule has 8 heteroatoms. The Morgan fingerprint density at radius 3 is 2.47 bits per heavy atom. The van der Waals surface area contributed by atoms with Crippen LogP contribution < -0.4 is 10.6 Å². The number of benzene rings is 2. The number of carbonyl (C=O) groups excluding carboxylic acids is 3. The molecular formula is C24H27Cl2N3O3. The first-order valence-corrected chi connectivity index (χ1v) is 11.4. The van der Waals surface area contributed by atoms with Gasteiger partial charge in [-0.05, 0) is 42.5 Å². The van der Waals surface area contributed by atoms with Crippen molar-refractivity contribution in [2.75, 3.05) is 6.54 Å². The molecule has 170 valence electrons. The zero-order valence-corrected chi connectivity index (χ0v) is 19.6. The number of halogens is 2. The number of rotatable bonds is 7. The first-order valence-electron chi connectivity index (χ1n) is 10.7. The van der Waals surface area contributed by atoms with Gasteiger partial charge in [-0.2, -0.15) is 0 Å². The monoisotopic (exact) mass is 475 g/mol. The Labute approximate surface area is 198 Å². The van der Waals surface area contributed by atoms with Gasteiger partial charge < -0.3 is 15.5 Å². The molecule has 1 aliphatic rings. The minimum atomic E-state index is -0.781. The van der Waals surface area contributed by atoms with Crippen molar-refractivity contribution in [1.29, 1.82) is 0 Å². The smallest absolute Gasteiger partial charge is 0.253 e. The van der Waals surface area contributed by atoms with Gasteiger partial charge in [-0.1, -0.05) is 67.4 Å². The number of nitrogens with one attached hydrogen (secondary N) is 2. The van der Waals surface area contributed by atoms with Gasteiger partial charge >= 0.3 is 0 Å². The highest BCUT2D eigenvalue weighted by Gasteiger charge is 2.38. The van der Waals surface area contributed by atoms with Gasteiger partial charge in [-0.25, -0.2) is 0 Å². The summed E-state index contributed by atoms with van der Waals surface area (Å²) < 4.78 is 0. The van der Waals surface area contributed by atoms with Crippen molar-refractivity contribution in [2.24, 2.45) is 5.92 Å². The molecule has 3 rings (SSSR count). The van der Waals surface area contributed by atoms with E-state index in [1.807, 2.05) is 44.2 Å². The predicted octanol–water partition coefficient (Wildman–Crippen LogP) is 4.06. The summed E-state index contributed by atoms with van der Waals surface area (Å²) in [6, 6.07) is 12.9. The van der Waals surface area contributed by atoms with Crippen molar-refractivity contribution in [3.8, 4) is 0 Å². The highest BCUT2D eigenvalue weighted by Crippen LogP contribution is 2.23. The Morgan fingerprint density at radius 1 is 1.09 bits per heavy atom. The molecule has 0 saturated carbocycles. The van der Waals surface area contributed by atoms with Gasteiger partial charge in [-0.3, -0.25) is 14.4 Å². The number of hydrogen-bond donors (Lipinski definition) is 2. The summed E-state index contributed by atoms with van der Waals surface area (Å²) in [6.45, 7) is 4.58. The summed E-state index contributed by atoms with van der Waals surface area (Å²) in [5.74, 6) is -1.08. The van der Waals surface area contributed by atoms with E-state index in [0.29, 0.717) is 24.5 Å². The van der Waals surface area contributed by atoms with Crippen molar-refractivity contribution < 1.29 is 14.4 Å². The second-order valence-electron chi connectivity index (χ2n) is 8.21. The number of likely N-dealkylation sites (tertiary alicyclic amines) is 1. The number of hydrogen-bond acceptors (Lipinski definition) is 3. The lowest BCUT2D eigenvalue weighted by atomic mass is 10.0. The van der Waals surface area contributed by atoms with Crippen LogP contribution in [0.4, 0.5) is 0 Å². The van der Waals surface area contributed by atoms with Crippen LogP contribution in [-0.4, -0.2) is 41.2 Å². The van der Waals surface area contributed by atoms with Crippen LogP contribution in [0.5, 0.6) is 0 Å². The molecule has 0 bridgehead atoms. The van der Waals surface area contributed by atoms with Gasteiger partial charge in [0.15, 0.2) is 0 Å². The minimum absolute atomic E-state index is 0.175. The first-order chi connectivity index (χ1) is 15.3. The predicted molar refractivity (Wildman–Crippen MR) is 126 cm³/mol. The number of nitrogens with zero attached hydrogens (tertiary/aromatic N) is 1. The van der Waals surface area contributed by atoms with E-state index < -0.39 is 18.0 Å². The van der Waals surface area contributed by atoms with Crippen LogP contribution in [0, 0.1) is 5.92 Å². The quantitative estimate of drug-likeness (QED) is 0.633. The van der Waals surface area contributed by atoms with Crippen LogP contribution in [0.3, 0.4) is 0 Å². The third kappa shape index (κ3) is 5.81. The molecule has 0 aliphatic carbocycles. The maximum atomic E-state index is 13.4. The van der Waals surface area contributed by atoms with E-state index in [0.717, 1.165) is 12.0 Å². The topological polar surface area (TPSA) is 78.5 Å². The highest BCUT2D eigenvalue weighted by molar-refractivity contribution is 6.36. The fourth-order valence-electron chi connectivity index (χ4n) is 3.79. The average Bonchev–Trinajstić information content (AvgIpc) is 3.26. The van der Waals surface area contributed by atoms with Gasteiger partial charge in [0.2, 0.25) is 11.8 Å². The van der Waals surface area contributed by atoms with Gasteiger partial charge in [0.25, 0.3) is 5.91 Å². The van der Waals surface area contributed by atoms with Crippen LogP contribution in [-0.2, 0) is 16.1 Å². The van der Waals surface area contributed by atoms with E-state index in [1.54, 1.807) is 11.0 Å². The van der Waals surface area contributed by atoms with Gasteiger partial charge in [0.1, 0.15) is 12.1 Å². The minimum Gasteiger partial charge on any atom is -0.350 e. The molecule has 6 nitrogen and oxygen atoms in total. The summed E-state index contributed by atoms with van der Waals surface area (Å²) in [6.07, 6.45) is 1.32. The van der Waals surface area contributed by atoms with Crippen LogP contribution >= 0.6 is 23.2 Å². The summed E-state index contributed by atoms with van der Waals surface area (Å²) in [5, 5.41) is 6.35. The fraction of sp³-hybridized carbons (Fsp3) is 0.375. The Kier molecular flexibility index (Phi) is 8.15. The molecule has 0 aromatic heterocycles. The third-order valence-electron chi connectivity index (χ3n) is 5.54. The molecule has 0 unspecified atom stereocenters. The molecule has 2 N–H and O–H groups in total. The fourth-order valence-corrected chi connectivity index (χ4v) is 4.29. The molecule has 32 heavy (non-hydrogen) atoms. The molecule has 1 heterocycles. The Balaban J connectivity index is 1.68. The van der Waals surface area contributed by atoms with Crippen molar-refractivity contribution in [3.05, 3.63) is 69.7 Å². The molecule has 1 saturated heterocycles. The lowest BCUT2D eigenvalue weighted by Gasteiger charge is -2.30. The van der Waals surface area contributed by atoms with E-state index >= 15 is 0 Å². The summed E-state index contributed by atoms with van der Waals surface area (Å²) >= 11 is 12.1. The van der Waals surface area contributed by atoms with E-state index in [1.165, 1.54) is 12.1 Å². The molecule has 1 aliphatic heterocycles. The summed E-state index contributed by atoms with van der Waals surface area (Å²) in [5.41, 5.74) is 1.23. The van der Waals surface area contributed by atoms with Crippen LogP contribution in [0.25, 0.3) is 0 Å². The van der Waals surface area contributed by atoms with Crippen LogP contribution in [0.1, 0.15) is 42.6 Å². The molecule has 2 atom stereocenters. The summed E-state index contributed by atoms with van der Waals surface area (Å²) in [7, 11) is 0. The SMILES string of the molecule is CC(C)[C@H](NC(=O)c1ccc(Cl)cc1Cl)C(=O)N1CCC[C@H]1C(=O)NCc1ccccc1. The van der Waals surface area contributed by atoms with Crippen molar-refractivity contribution in [3.63, 3.8) is 0 Å². The Morgan fingerprint density at radius 2 is 1.81 bits per heavy atom. The lowest BCUT2D eigenvalue weighted by Crippen LogP contribution is -2.55. The van der Waals surface area contributed by atoms with E-state index in [9.17, 15) is 14.4 Å². The Bertz CT molecular complexity index is 982. The maximum Gasteiger partial charge on any atom is 0.253 e. The van der Waals surface area contributed by atoms with Crippen molar-refractivity contribution >= 4 is 40.9 Å². The lowest BCUT2D eigenvalue weighted by molar-refractivity contribution is -0.140. The van der Waals surface area contributed by atoms with Crippen LogP contribution in [0.2, 0.25) is 10.0 Å². The molecule has 3 amide bonds. The zero-order valence-electron chi connectivity index (χ0n) is 18.1. The molecule has 2 aromatic carbocycles. The average molecular weight is 476 g/mol. The van der Waals surface area contributed by atoms with Gasteiger partial charge in [0, 0.05) is 18.1 Å². The summed E-state index contributed by atoms with van der Waals surface area (Å²) in [4.78, 5) is 40.6. The second kappa shape index (κ2) is 10.8. The number of amides is 3. The second-order valence-corrected chi connectivity index (χ2v) is 9.06. The van der Waals surface area contributed by atoms with E-state index in [4.69, 9.17) is 23.2 Å². The molecule has 2 aromatic rings. The third-order valence-corrected chi connectivity index (χ3v) is 6.09. The first kappa shape index (κ1) is 24.1. The molecule has 0 radical (unpaired) electrons. The van der Waals surface area contributed by atoms with Crippen molar-refractivity contribution in [2.45, 2.75) is 45.3 Å². The Hall–Kier alpha value is -2.57. The van der Waals surface area contributed by atoms with Gasteiger partial charge in [-0.15, -0.1) is 0 Å². The van der Waals surface area contributed by atoms with Gasteiger partial charge in [0.05, 0.1) is 10.6 Å². The maximum absolute atomic E-state index is 13.4. The highest BCUT2D eigenvalue weighted by atomic mass is 35.5. The van der Waals surface area contributed by atoms with E-state index in [-0.39, 0.29) is 28.3 Å². The molecular weight excluding hydrogens is 449 g/mol. The molecule has 1 fully saturated rings. The number of carbonyl (C=O) groups is 3. The van der Waals surface area contributed by atoms with E-state index in [2.05, 4.69) is 10.6 Å². The van der Waals surface area contributed by atoms with Crippen LogP contribution in [0.15, 0.2) is 48.5 Å². The van der Waals surface area contributed by atoms with Crippen molar-refractivity contribution in [1.82, 2.24) is 15.5 Å². The standard InChI is InChI=1S/C24H27Cl2N3O3/c1-15(2)21(28-22(30)18-11-10-17(25)13-19(18)26)24(32)29-12-6-9-20(29)23(31)27-14-16-7-4-3-5-8-16/h3-5,7-8,10-11,13,15,20-21H,6,9,12,14H2,1-2H3,(H,27,31)(H,28,30)/t20-,21-/m0/s1. The zero-order chi connectivity index (χ0) is 23.3. The molecule has 0 spiro atoms.